The smallest absolute Gasteiger partial charge is 0.221 e. The standard InChI is InChI=1S/C14H22N2O4/c1-4-20-9-12(18)8-15-13-7-11(16-10(2)17)5-6-14(13)19-3/h5-7,12,15,18H,4,8-9H2,1-3H3,(H,16,17). The lowest BCUT2D eigenvalue weighted by molar-refractivity contribution is -0.114. The number of methoxy groups -OCH3 is 1. The molecule has 112 valence electrons. The van der Waals surface area contributed by atoms with Gasteiger partial charge in [0.15, 0.2) is 0 Å². The molecule has 0 aliphatic heterocycles. The van der Waals surface area contributed by atoms with E-state index in [2.05, 4.69) is 10.6 Å². The maximum Gasteiger partial charge on any atom is 0.221 e. The van der Waals surface area contributed by atoms with Gasteiger partial charge in [0.1, 0.15) is 5.75 Å². The summed E-state index contributed by atoms with van der Waals surface area (Å²) in [6, 6.07) is 5.26. The minimum atomic E-state index is -0.607. The van der Waals surface area contributed by atoms with E-state index in [-0.39, 0.29) is 12.5 Å². The molecule has 0 heterocycles. The Morgan fingerprint density at radius 3 is 2.80 bits per heavy atom. The third-order valence-electron chi connectivity index (χ3n) is 2.56. The van der Waals surface area contributed by atoms with Crippen molar-refractivity contribution < 1.29 is 19.4 Å². The SMILES string of the molecule is CCOCC(O)CNc1cc(NC(C)=O)ccc1OC. The minimum Gasteiger partial charge on any atom is -0.495 e. The zero-order valence-corrected chi connectivity index (χ0v) is 12.1. The highest BCUT2D eigenvalue weighted by atomic mass is 16.5. The lowest BCUT2D eigenvalue weighted by Crippen LogP contribution is -2.25. The molecule has 1 amide bonds. The van der Waals surface area contributed by atoms with E-state index < -0.39 is 6.10 Å². The first-order valence-corrected chi connectivity index (χ1v) is 6.52. The predicted octanol–water partition coefficient (Wildman–Crippen LogP) is 1.46. The largest absolute Gasteiger partial charge is 0.495 e. The normalized spacial score (nSPS) is 11.8. The molecule has 0 fully saturated rings. The summed E-state index contributed by atoms with van der Waals surface area (Å²) in [5, 5.41) is 15.5. The number of nitrogens with one attached hydrogen (secondary N) is 2. The molecule has 0 saturated carbocycles. The second-order valence-corrected chi connectivity index (χ2v) is 4.29. The lowest BCUT2D eigenvalue weighted by Gasteiger charge is -2.16. The summed E-state index contributed by atoms with van der Waals surface area (Å²) >= 11 is 0. The third kappa shape index (κ3) is 5.46. The van der Waals surface area contributed by atoms with E-state index in [0.717, 1.165) is 0 Å². The molecular weight excluding hydrogens is 260 g/mol. The molecule has 0 bridgehead atoms. The summed E-state index contributed by atoms with van der Waals surface area (Å²) in [7, 11) is 1.56. The van der Waals surface area contributed by atoms with Crippen molar-refractivity contribution in [1.29, 1.82) is 0 Å². The van der Waals surface area contributed by atoms with Crippen molar-refractivity contribution in [1.82, 2.24) is 0 Å². The molecule has 1 aromatic carbocycles. The number of amides is 1. The zero-order valence-electron chi connectivity index (χ0n) is 12.1. The molecular formula is C14H22N2O4. The third-order valence-corrected chi connectivity index (χ3v) is 2.56. The topological polar surface area (TPSA) is 79.8 Å². The summed E-state index contributed by atoms with van der Waals surface area (Å²) < 4.78 is 10.4. The van der Waals surface area contributed by atoms with Gasteiger partial charge in [0, 0.05) is 25.8 Å². The van der Waals surface area contributed by atoms with Crippen LogP contribution in [0.2, 0.25) is 0 Å². The Labute approximate surface area is 119 Å². The van der Waals surface area contributed by atoms with Gasteiger partial charge in [-0.2, -0.15) is 0 Å². The number of ether oxygens (including phenoxy) is 2. The van der Waals surface area contributed by atoms with Crippen LogP contribution in [-0.2, 0) is 9.53 Å². The van der Waals surface area contributed by atoms with Gasteiger partial charge in [-0.1, -0.05) is 0 Å². The number of hydrogen-bond donors (Lipinski definition) is 3. The van der Waals surface area contributed by atoms with Crippen LogP contribution in [-0.4, -0.2) is 44.0 Å². The molecule has 6 heteroatoms. The van der Waals surface area contributed by atoms with Crippen molar-refractivity contribution in [2.75, 3.05) is 37.5 Å². The van der Waals surface area contributed by atoms with Crippen molar-refractivity contribution in [2.45, 2.75) is 20.0 Å². The molecule has 0 radical (unpaired) electrons. The first-order chi connectivity index (χ1) is 9.56. The first kappa shape index (κ1) is 16.3. The average Bonchev–Trinajstić information content (AvgIpc) is 2.42. The van der Waals surface area contributed by atoms with Crippen LogP contribution in [0.25, 0.3) is 0 Å². The van der Waals surface area contributed by atoms with Crippen molar-refractivity contribution >= 4 is 17.3 Å². The van der Waals surface area contributed by atoms with Gasteiger partial charge in [-0.25, -0.2) is 0 Å². The van der Waals surface area contributed by atoms with E-state index in [1.54, 1.807) is 25.3 Å². The van der Waals surface area contributed by atoms with Crippen LogP contribution < -0.4 is 15.4 Å². The Morgan fingerprint density at radius 2 is 2.20 bits per heavy atom. The Bertz CT molecular complexity index is 437. The summed E-state index contributed by atoms with van der Waals surface area (Å²) in [6.07, 6.45) is -0.607. The van der Waals surface area contributed by atoms with E-state index in [1.807, 2.05) is 6.92 Å². The number of rotatable bonds is 8. The van der Waals surface area contributed by atoms with Gasteiger partial charge in [-0.15, -0.1) is 0 Å². The molecule has 0 aliphatic carbocycles. The lowest BCUT2D eigenvalue weighted by atomic mass is 10.2. The highest BCUT2D eigenvalue weighted by molar-refractivity contribution is 5.89. The molecule has 3 N–H and O–H groups in total. The maximum absolute atomic E-state index is 11.0. The molecule has 1 rings (SSSR count). The molecule has 1 atom stereocenters. The van der Waals surface area contributed by atoms with Gasteiger partial charge in [-0.05, 0) is 25.1 Å². The Hall–Kier alpha value is -1.79. The van der Waals surface area contributed by atoms with Gasteiger partial charge in [-0.3, -0.25) is 4.79 Å². The Balaban J connectivity index is 2.68. The molecule has 0 saturated heterocycles. The fraction of sp³-hybridized carbons (Fsp3) is 0.500. The second-order valence-electron chi connectivity index (χ2n) is 4.29. The van der Waals surface area contributed by atoms with Gasteiger partial charge < -0.3 is 25.2 Å². The highest BCUT2D eigenvalue weighted by Crippen LogP contribution is 2.27. The fourth-order valence-corrected chi connectivity index (χ4v) is 1.67. The van der Waals surface area contributed by atoms with Crippen LogP contribution in [0.5, 0.6) is 5.75 Å². The molecule has 1 unspecified atom stereocenters. The number of anilines is 2. The predicted molar refractivity (Wildman–Crippen MR) is 78.3 cm³/mol. The van der Waals surface area contributed by atoms with Crippen LogP contribution in [0, 0.1) is 0 Å². The molecule has 20 heavy (non-hydrogen) atoms. The van der Waals surface area contributed by atoms with E-state index in [4.69, 9.17) is 9.47 Å². The molecule has 0 aromatic heterocycles. The number of aliphatic hydroxyl groups is 1. The summed E-state index contributed by atoms with van der Waals surface area (Å²) in [5.41, 5.74) is 1.37. The number of hydrogen-bond acceptors (Lipinski definition) is 5. The van der Waals surface area contributed by atoms with Crippen LogP contribution in [0.4, 0.5) is 11.4 Å². The van der Waals surface area contributed by atoms with Crippen molar-refractivity contribution in [2.24, 2.45) is 0 Å². The Morgan fingerprint density at radius 1 is 1.45 bits per heavy atom. The molecule has 6 nitrogen and oxygen atoms in total. The monoisotopic (exact) mass is 282 g/mol. The number of benzene rings is 1. The van der Waals surface area contributed by atoms with Crippen LogP contribution in [0.1, 0.15) is 13.8 Å². The van der Waals surface area contributed by atoms with Crippen LogP contribution >= 0.6 is 0 Å². The molecule has 1 aromatic rings. The van der Waals surface area contributed by atoms with E-state index in [1.165, 1.54) is 6.92 Å². The minimum absolute atomic E-state index is 0.141. The van der Waals surface area contributed by atoms with Gasteiger partial charge in [0.25, 0.3) is 0 Å². The highest BCUT2D eigenvalue weighted by Gasteiger charge is 2.08. The van der Waals surface area contributed by atoms with Crippen LogP contribution in [0.15, 0.2) is 18.2 Å². The first-order valence-electron chi connectivity index (χ1n) is 6.52. The number of carbonyl (C=O) groups excluding carboxylic acids is 1. The zero-order chi connectivity index (χ0) is 15.0. The second kappa shape index (κ2) is 8.39. The van der Waals surface area contributed by atoms with E-state index in [0.29, 0.717) is 30.3 Å². The summed E-state index contributed by atoms with van der Waals surface area (Å²) in [5.74, 6) is 0.500. The van der Waals surface area contributed by atoms with Crippen molar-refractivity contribution in [3.63, 3.8) is 0 Å². The number of aliphatic hydroxyl groups excluding tert-OH is 1. The fourth-order valence-electron chi connectivity index (χ4n) is 1.67. The van der Waals surface area contributed by atoms with Crippen molar-refractivity contribution in [3.8, 4) is 5.75 Å². The number of carbonyl (C=O) groups is 1. The van der Waals surface area contributed by atoms with Gasteiger partial charge >= 0.3 is 0 Å². The van der Waals surface area contributed by atoms with E-state index >= 15 is 0 Å². The van der Waals surface area contributed by atoms with Gasteiger partial charge in [0.2, 0.25) is 5.91 Å². The summed E-state index contributed by atoms with van der Waals surface area (Å²) in [6.45, 7) is 4.50. The Kier molecular flexibility index (Phi) is 6.83. The quantitative estimate of drug-likeness (QED) is 0.672. The van der Waals surface area contributed by atoms with Crippen molar-refractivity contribution in [3.05, 3.63) is 18.2 Å². The molecule has 0 aliphatic rings. The van der Waals surface area contributed by atoms with Crippen LogP contribution in [0.3, 0.4) is 0 Å². The summed E-state index contributed by atoms with van der Waals surface area (Å²) in [4.78, 5) is 11.0. The average molecular weight is 282 g/mol. The van der Waals surface area contributed by atoms with E-state index in [9.17, 15) is 9.90 Å². The maximum atomic E-state index is 11.0. The van der Waals surface area contributed by atoms with Gasteiger partial charge in [0.05, 0.1) is 25.5 Å². The molecule has 0 spiro atoms.